The normalized spacial score (nSPS) is 13.2. The molecule has 0 saturated carbocycles. The predicted molar refractivity (Wildman–Crippen MR) is 163 cm³/mol. The standard InChI is InChI=1S/C28H45N7O6Si/c1-18(2)23(34-27(39)40)25(37)33-21(9-8-14-31-26(29)38)24(36)32-19-10-12-20(13-11-19)35-16-15-30-22(35)17-41-42(6,7)28(3,4)5/h10-13,15-16,18,21,23,34H,8-9,14,17H2,1-7H3,(H,32,36)(H,33,37)(H,39,40)(H3,29,31,38)/t21-,23-/m0/s1. The van der Waals surface area contributed by atoms with Gasteiger partial charge in [-0.3, -0.25) is 9.59 Å². The highest BCUT2D eigenvalue weighted by atomic mass is 28.4. The molecule has 0 radical (unpaired) electrons. The number of rotatable bonds is 14. The quantitative estimate of drug-likeness (QED) is 0.140. The second-order valence-electron chi connectivity index (χ2n) is 12.0. The molecule has 2 aromatic rings. The third-order valence-corrected chi connectivity index (χ3v) is 11.8. The molecule has 232 valence electrons. The van der Waals surface area contributed by atoms with E-state index < -0.39 is 44.3 Å². The summed E-state index contributed by atoms with van der Waals surface area (Å²) in [6.07, 6.45) is 2.74. The number of aromatic nitrogens is 2. The van der Waals surface area contributed by atoms with E-state index in [1.165, 1.54) is 0 Å². The first kappa shape index (κ1) is 34.3. The summed E-state index contributed by atoms with van der Waals surface area (Å²) < 4.78 is 8.26. The molecule has 0 fully saturated rings. The van der Waals surface area contributed by atoms with Gasteiger partial charge in [-0.1, -0.05) is 34.6 Å². The number of hydrogen-bond acceptors (Lipinski definition) is 6. The van der Waals surface area contributed by atoms with Crippen molar-refractivity contribution in [3.05, 3.63) is 42.5 Å². The van der Waals surface area contributed by atoms with Crippen LogP contribution in [-0.2, 0) is 20.6 Å². The van der Waals surface area contributed by atoms with Crippen LogP contribution in [-0.4, -0.2) is 65.5 Å². The van der Waals surface area contributed by atoms with Gasteiger partial charge in [0.2, 0.25) is 11.8 Å². The fourth-order valence-electron chi connectivity index (χ4n) is 3.79. The number of nitrogens with one attached hydrogen (secondary N) is 4. The number of urea groups is 1. The van der Waals surface area contributed by atoms with Gasteiger partial charge in [-0.15, -0.1) is 0 Å². The molecule has 42 heavy (non-hydrogen) atoms. The average molecular weight is 604 g/mol. The number of benzene rings is 1. The van der Waals surface area contributed by atoms with Crippen LogP contribution in [0.4, 0.5) is 15.3 Å². The Morgan fingerprint density at radius 3 is 2.26 bits per heavy atom. The fraction of sp³-hybridized carbons (Fsp3) is 0.536. The summed E-state index contributed by atoms with van der Waals surface area (Å²) in [4.78, 5) is 52.7. The number of nitrogens with zero attached hydrogens (tertiary/aromatic N) is 2. The van der Waals surface area contributed by atoms with E-state index in [-0.39, 0.29) is 23.9 Å². The zero-order valence-electron chi connectivity index (χ0n) is 25.5. The lowest BCUT2D eigenvalue weighted by Crippen LogP contribution is -2.54. The molecule has 1 aromatic carbocycles. The third kappa shape index (κ3) is 10.2. The first-order valence-electron chi connectivity index (χ1n) is 13.9. The molecule has 2 rings (SSSR count). The number of amides is 5. The highest BCUT2D eigenvalue weighted by Gasteiger charge is 2.37. The van der Waals surface area contributed by atoms with Crippen LogP contribution in [0.25, 0.3) is 5.69 Å². The van der Waals surface area contributed by atoms with Crippen molar-refractivity contribution in [1.29, 1.82) is 0 Å². The molecule has 5 amide bonds. The van der Waals surface area contributed by atoms with Crippen molar-refractivity contribution in [3.8, 4) is 5.69 Å². The Kier molecular flexibility index (Phi) is 12.1. The SMILES string of the molecule is CC(C)[C@H](NC(=O)O)C(=O)N[C@@H](CCCNC(N)=O)C(=O)Nc1ccc(-n2ccnc2CO[Si](C)(C)C(C)(C)C)cc1. The minimum Gasteiger partial charge on any atom is -0.465 e. The average Bonchev–Trinajstić information content (AvgIpc) is 3.35. The maximum absolute atomic E-state index is 13.2. The van der Waals surface area contributed by atoms with Crippen LogP contribution in [0.1, 0.15) is 53.3 Å². The van der Waals surface area contributed by atoms with Crippen LogP contribution in [0.15, 0.2) is 36.7 Å². The number of carboxylic acid groups (broad SMARTS) is 1. The Labute approximate surface area is 248 Å². The van der Waals surface area contributed by atoms with E-state index in [9.17, 15) is 19.2 Å². The highest BCUT2D eigenvalue weighted by Crippen LogP contribution is 2.37. The zero-order chi connectivity index (χ0) is 31.7. The lowest BCUT2D eigenvalue weighted by Gasteiger charge is -2.36. The van der Waals surface area contributed by atoms with Gasteiger partial charge in [0.1, 0.15) is 17.9 Å². The van der Waals surface area contributed by atoms with Crippen LogP contribution in [0, 0.1) is 5.92 Å². The Bertz CT molecular complexity index is 1220. The number of imidazole rings is 1. The van der Waals surface area contributed by atoms with E-state index in [4.69, 9.17) is 15.3 Å². The Hall–Kier alpha value is -3.91. The molecule has 14 heteroatoms. The number of nitrogens with two attached hydrogens (primary N) is 1. The summed E-state index contributed by atoms with van der Waals surface area (Å²) in [6.45, 7) is 14.9. The summed E-state index contributed by atoms with van der Waals surface area (Å²) in [5, 5.41) is 19.3. The molecular weight excluding hydrogens is 558 g/mol. The molecule has 13 nitrogen and oxygen atoms in total. The molecule has 1 aromatic heterocycles. The van der Waals surface area contributed by atoms with Gasteiger partial charge in [0.25, 0.3) is 0 Å². The molecule has 0 aliphatic heterocycles. The molecule has 2 atom stereocenters. The van der Waals surface area contributed by atoms with Gasteiger partial charge in [0.15, 0.2) is 8.32 Å². The molecule has 0 spiro atoms. The number of anilines is 1. The van der Waals surface area contributed by atoms with Crippen molar-refractivity contribution in [2.45, 2.75) is 84.3 Å². The number of primary amides is 1. The molecular formula is C28H45N7O6Si. The Morgan fingerprint density at radius 1 is 1.07 bits per heavy atom. The minimum atomic E-state index is -1.97. The summed E-state index contributed by atoms with van der Waals surface area (Å²) in [5.41, 5.74) is 6.44. The molecule has 0 aliphatic carbocycles. The van der Waals surface area contributed by atoms with Crippen molar-refractivity contribution in [3.63, 3.8) is 0 Å². The number of carbonyl (C=O) groups is 4. The monoisotopic (exact) mass is 603 g/mol. The van der Waals surface area contributed by atoms with Crippen molar-refractivity contribution in [1.82, 2.24) is 25.5 Å². The maximum Gasteiger partial charge on any atom is 0.405 e. The minimum absolute atomic E-state index is 0.0719. The summed E-state index contributed by atoms with van der Waals surface area (Å²) in [5.74, 6) is -0.703. The van der Waals surface area contributed by atoms with E-state index in [0.29, 0.717) is 18.7 Å². The van der Waals surface area contributed by atoms with E-state index >= 15 is 0 Å². The predicted octanol–water partition coefficient (Wildman–Crippen LogP) is 3.56. The van der Waals surface area contributed by atoms with Gasteiger partial charge in [0.05, 0.1) is 6.61 Å². The van der Waals surface area contributed by atoms with Crippen LogP contribution in [0.2, 0.25) is 18.1 Å². The van der Waals surface area contributed by atoms with Gasteiger partial charge in [-0.25, -0.2) is 14.6 Å². The van der Waals surface area contributed by atoms with Crippen molar-refractivity contribution < 1.29 is 28.7 Å². The molecule has 0 saturated heterocycles. The molecule has 7 N–H and O–H groups in total. The number of hydrogen-bond donors (Lipinski definition) is 6. The molecule has 0 aliphatic rings. The van der Waals surface area contributed by atoms with Crippen LogP contribution in [0.3, 0.4) is 0 Å². The fourth-order valence-corrected chi connectivity index (χ4v) is 4.71. The van der Waals surface area contributed by atoms with Crippen LogP contribution >= 0.6 is 0 Å². The van der Waals surface area contributed by atoms with Crippen molar-refractivity contribution >= 4 is 37.9 Å². The second kappa shape index (κ2) is 14.8. The first-order chi connectivity index (χ1) is 19.5. The van der Waals surface area contributed by atoms with E-state index in [2.05, 4.69) is 60.1 Å². The van der Waals surface area contributed by atoms with E-state index in [1.807, 2.05) is 22.9 Å². The summed E-state index contributed by atoms with van der Waals surface area (Å²) >= 11 is 0. The van der Waals surface area contributed by atoms with Crippen molar-refractivity contribution in [2.24, 2.45) is 11.7 Å². The Balaban J connectivity index is 2.14. The largest absolute Gasteiger partial charge is 0.465 e. The lowest BCUT2D eigenvalue weighted by molar-refractivity contribution is -0.128. The van der Waals surface area contributed by atoms with Gasteiger partial charge < -0.3 is 41.1 Å². The van der Waals surface area contributed by atoms with Gasteiger partial charge >= 0.3 is 12.1 Å². The van der Waals surface area contributed by atoms with Gasteiger partial charge in [-0.2, -0.15) is 0 Å². The molecule has 1 heterocycles. The van der Waals surface area contributed by atoms with E-state index in [0.717, 1.165) is 11.5 Å². The molecule has 0 unspecified atom stereocenters. The van der Waals surface area contributed by atoms with Gasteiger partial charge in [-0.05, 0) is 61.2 Å². The lowest BCUT2D eigenvalue weighted by atomic mass is 10.0. The topological polar surface area (TPSA) is 190 Å². The maximum atomic E-state index is 13.2. The first-order valence-corrected chi connectivity index (χ1v) is 16.8. The van der Waals surface area contributed by atoms with Gasteiger partial charge in [0, 0.05) is 30.3 Å². The second-order valence-corrected chi connectivity index (χ2v) is 16.8. The third-order valence-electron chi connectivity index (χ3n) is 7.33. The zero-order valence-corrected chi connectivity index (χ0v) is 26.5. The van der Waals surface area contributed by atoms with Crippen LogP contribution in [0.5, 0.6) is 0 Å². The van der Waals surface area contributed by atoms with Crippen LogP contribution < -0.4 is 27.0 Å². The summed E-state index contributed by atoms with van der Waals surface area (Å²) in [6, 6.07) is 4.41. The smallest absolute Gasteiger partial charge is 0.405 e. The number of carbonyl (C=O) groups excluding carboxylic acids is 3. The van der Waals surface area contributed by atoms with Crippen molar-refractivity contribution in [2.75, 3.05) is 11.9 Å². The highest BCUT2D eigenvalue weighted by molar-refractivity contribution is 6.74. The molecule has 0 bridgehead atoms. The Morgan fingerprint density at radius 2 is 1.71 bits per heavy atom. The van der Waals surface area contributed by atoms with E-state index in [1.54, 1.807) is 32.2 Å². The summed E-state index contributed by atoms with van der Waals surface area (Å²) in [7, 11) is -1.97.